The van der Waals surface area contributed by atoms with Crippen LogP contribution in [0.5, 0.6) is 0 Å². The second-order valence-corrected chi connectivity index (χ2v) is 8.02. The highest BCUT2D eigenvalue weighted by Gasteiger charge is 2.29. The summed E-state index contributed by atoms with van der Waals surface area (Å²) in [6, 6.07) is 1.60. The van der Waals surface area contributed by atoms with E-state index in [1.165, 1.54) is 6.42 Å². The molecule has 1 aromatic rings. The minimum Gasteiger partial charge on any atom is -0.452 e. The van der Waals surface area contributed by atoms with Crippen LogP contribution in [0.15, 0.2) is 20.0 Å². The number of halogens is 1. The first-order valence-electron chi connectivity index (χ1n) is 7.45. The fraction of sp³-hybridized carbons (Fsp3) is 0.714. The summed E-state index contributed by atoms with van der Waals surface area (Å²) in [6.45, 7) is 5.41. The summed E-state index contributed by atoms with van der Waals surface area (Å²) in [6.07, 6.45) is 4.24. The topological polar surface area (TPSA) is 71.3 Å². The number of furan rings is 1. The average Bonchev–Trinajstić information content (AvgIpc) is 2.81. The van der Waals surface area contributed by atoms with E-state index in [0.717, 1.165) is 25.8 Å². The maximum absolute atomic E-state index is 12.5. The van der Waals surface area contributed by atoms with Crippen LogP contribution < -0.4 is 10.0 Å². The van der Waals surface area contributed by atoms with Gasteiger partial charge in [-0.25, -0.2) is 13.1 Å². The molecule has 2 rings (SSSR count). The van der Waals surface area contributed by atoms with Gasteiger partial charge in [-0.2, -0.15) is 0 Å². The molecule has 1 saturated carbocycles. The van der Waals surface area contributed by atoms with E-state index >= 15 is 0 Å². The van der Waals surface area contributed by atoms with Gasteiger partial charge in [0.25, 0.3) is 0 Å². The lowest BCUT2D eigenvalue weighted by Crippen LogP contribution is -2.40. The van der Waals surface area contributed by atoms with Crippen molar-refractivity contribution >= 4 is 26.0 Å². The minimum atomic E-state index is -3.55. The van der Waals surface area contributed by atoms with Crippen LogP contribution in [0.4, 0.5) is 0 Å². The predicted octanol–water partition coefficient (Wildman–Crippen LogP) is 3.01. The summed E-state index contributed by atoms with van der Waals surface area (Å²) >= 11 is 3.21. The quantitative estimate of drug-likeness (QED) is 0.797. The lowest BCUT2D eigenvalue weighted by Gasteiger charge is -2.29. The fourth-order valence-corrected chi connectivity index (χ4v) is 5.05. The maximum atomic E-state index is 12.5. The number of nitrogens with one attached hydrogen (secondary N) is 2. The molecular weight excluding hydrogens is 356 g/mol. The Hall–Kier alpha value is -0.370. The Labute approximate surface area is 135 Å². The van der Waals surface area contributed by atoms with Gasteiger partial charge in [-0.15, -0.1) is 0 Å². The molecule has 1 aliphatic rings. The first-order chi connectivity index (χ1) is 9.94. The molecule has 0 aliphatic heterocycles. The molecule has 0 saturated heterocycles. The number of hydrogen-bond donors (Lipinski definition) is 2. The number of sulfonamides is 1. The molecule has 1 aliphatic carbocycles. The van der Waals surface area contributed by atoms with Crippen LogP contribution in [0.2, 0.25) is 0 Å². The molecule has 120 valence electrons. The van der Waals surface area contributed by atoms with Gasteiger partial charge in [0.2, 0.25) is 10.0 Å². The SMILES string of the molecule is CCNCc1cc(S(=O)(=O)NC2CCCCC2C)c(Br)o1. The first-order valence-corrected chi connectivity index (χ1v) is 9.73. The molecule has 2 atom stereocenters. The maximum Gasteiger partial charge on any atom is 0.245 e. The van der Waals surface area contributed by atoms with Crippen LogP contribution in [-0.4, -0.2) is 21.0 Å². The summed E-state index contributed by atoms with van der Waals surface area (Å²) in [5.74, 6) is 0.987. The third-order valence-corrected chi connectivity index (χ3v) is 6.31. The van der Waals surface area contributed by atoms with Gasteiger partial charge in [0.1, 0.15) is 10.7 Å². The zero-order chi connectivity index (χ0) is 15.5. The molecule has 0 aromatic carbocycles. The summed E-state index contributed by atoms with van der Waals surface area (Å²) in [4.78, 5) is 0.188. The van der Waals surface area contributed by atoms with Crippen LogP contribution in [0.3, 0.4) is 0 Å². The molecule has 7 heteroatoms. The molecule has 21 heavy (non-hydrogen) atoms. The van der Waals surface area contributed by atoms with Crippen molar-refractivity contribution in [1.29, 1.82) is 0 Å². The van der Waals surface area contributed by atoms with Crippen molar-refractivity contribution in [3.05, 3.63) is 16.5 Å². The summed E-state index contributed by atoms with van der Waals surface area (Å²) in [7, 11) is -3.55. The highest BCUT2D eigenvalue weighted by atomic mass is 79.9. The number of hydrogen-bond acceptors (Lipinski definition) is 4. The Balaban J connectivity index is 2.13. The summed E-state index contributed by atoms with van der Waals surface area (Å²) in [5, 5.41) is 3.12. The third kappa shape index (κ3) is 4.31. The molecule has 0 amide bonds. The van der Waals surface area contributed by atoms with E-state index in [9.17, 15) is 8.42 Å². The van der Waals surface area contributed by atoms with Gasteiger partial charge in [0.15, 0.2) is 4.67 Å². The van der Waals surface area contributed by atoms with E-state index in [1.54, 1.807) is 6.07 Å². The van der Waals surface area contributed by atoms with Gasteiger partial charge < -0.3 is 9.73 Å². The Morgan fingerprint density at radius 2 is 2.10 bits per heavy atom. The van der Waals surface area contributed by atoms with Gasteiger partial charge in [-0.05, 0) is 41.2 Å². The molecule has 0 radical (unpaired) electrons. The smallest absolute Gasteiger partial charge is 0.245 e. The van der Waals surface area contributed by atoms with Crippen molar-refractivity contribution < 1.29 is 12.8 Å². The van der Waals surface area contributed by atoms with E-state index in [1.807, 2.05) is 6.92 Å². The molecule has 1 heterocycles. The Morgan fingerprint density at radius 1 is 1.38 bits per heavy atom. The van der Waals surface area contributed by atoms with E-state index in [-0.39, 0.29) is 15.6 Å². The Morgan fingerprint density at radius 3 is 2.76 bits per heavy atom. The lowest BCUT2D eigenvalue weighted by atomic mass is 9.87. The number of rotatable bonds is 6. The van der Waals surface area contributed by atoms with Crippen molar-refractivity contribution in [2.24, 2.45) is 5.92 Å². The van der Waals surface area contributed by atoms with Crippen LogP contribution in [0, 0.1) is 5.92 Å². The van der Waals surface area contributed by atoms with Crippen LogP contribution in [0.25, 0.3) is 0 Å². The monoisotopic (exact) mass is 378 g/mol. The second-order valence-electron chi connectivity index (χ2n) is 5.62. The van der Waals surface area contributed by atoms with Crippen molar-refractivity contribution in [3.8, 4) is 0 Å². The molecule has 0 bridgehead atoms. The first kappa shape index (κ1) is 17.0. The molecule has 1 fully saturated rings. The lowest BCUT2D eigenvalue weighted by molar-refractivity contribution is 0.310. The van der Waals surface area contributed by atoms with Crippen LogP contribution in [-0.2, 0) is 16.6 Å². The van der Waals surface area contributed by atoms with E-state index < -0.39 is 10.0 Å². The molecule has 0 spiro atoms. The summed E-state index contributed by atoms with van der Waals surface area (Å²) in [5.41, 5.74) is 0. The Kier molecular flexibility index (Phi) is 5.88. The van der Waals surface area contributed by atoms with Gasteiger partial charge in [-0.3, -0.25) is 0 Å². The van der Waals surface area contributed by atoms with Crippen molar-refractivity contribution in [2.45, 2.75) is 57.0 Å². The van der Waals surface area contributed by atoms with E-state index in [2.05, 4.69) is 32.9 Å². The zero-order valence-corrected chi connectivity index (χ0v) is 14.9. The van der Waals surface area contributed by atoms with E-state index in [0.29, 0.717) is 18.2 Å². The van der Waals surface area contributed by atoms with Gasteiger partial charge >= 0.3 is 0 Å². The van der Waals surface area contributed by atoms with Crippen molar-refractivity contribution in [1.82, 2.24) is 10.0 Å². The molecule has 1 aromatic heterocycles. The largest absolute Gasteiger partial charge is 0.452 e. The van der Waals surface area contributed by atoms with Crippen molar-refractivity contribution in [2.75, 3.05) is 6.54 Å². The molecular formula is C14H23BrN2O3S. The standard InChI is InChI=1S/C14H23BrN2O3S/c1-3-16-9-11-8-13(14(15)20-11)21(18,19)17-12-7-5-4-6-10(12)2/h8,10,12,16-17H,3-7,9H2,1-2H3. The van der Waals surface area contributed by atoms with Gasteiger partial charge in [0.05, 0.1) is 6.54 Å². The van der Waals surface area contributed by atoms with Crippen molar-refractivity contribution in [3.63, 3.8) is 0 Å². The van der Waals surface area contributed by atoms with Gasteiger partial charge in [0, 0.05) is 12.1 Å². The highest BCUT2D eigenvalue weighted by molar-refractivity contribution is 9.10. The van der Waals surface area contributed by atoms with Crippen LogP contribution in [0.1, 0.15) is 45.3 Å². The third-order valence-electron chi connectivity index (χ3n) is 3.96. The molecule has 5 nitrogen and oxygen atoms in total. The van der Waals surface area contributed by atoms with Gasteiger partial charge in [-0.1, -0.05) is 26.7 Å². The fourth-order valence-electron chi connectivity index (χ4n) is 2.67. The average molecular weight is 379 g/mol. The zero-order valence-electron chi connectivity index (χ0n) is 12.5. The normalized spacial score (nSPS) is 23.4. The van der Waals surface area contributed by atoms with Crippen LogP contribution >= 0.6 is 15.9 Å². The second kappa shape index (κ2) is 7.26. The Bertz CT molecular complexity index is 571. The molecule has 2 N–H and O–H groups in total. The summed E-state index contributed by atoms with van der Waals surface area (Å²) < 4.78 is 33.6. The van der Waals surface area contributed by atoms with E-state index in [4.69, 9.17) is 4.42 Å². The minimum absolute atomic E-state index is 0.0165. The molecule has 2 unspecified atom stereocenters. The highest BCUT2D eigenvalue weighted by Crippen LogP contribution is 2.29. The predicted molar refractivity (Wildman–Crippen MR) is 85.5 cm³/mol.